The number of furan rings is 1. The van der Waals surface area contributed by atoms with Crippen molar-refractivity contribution < 1.29 is 14.0 Å². The summed E-state index contributed by atoms with van der Waals surface area (Å²) in [6.07, 6.45) is 1.59. The van der Waals surface area contributed by atoms with Crippen molar-refractivity contribution in [3.05, 3.63) is 46.5 Å². The Morgan fingerprint density at radius 1 is 1.22 bits per heavy atom. The number of hydrogen-bond acceptors (Lipinski definition) is 4. The van der Waals surface area contributed by atoms with E-state index in [1.165, 1.54) is 0 Å². The molecule has 0 radical (unpaired) electrons. The topological polar surface area (TPSA) is 62.6 Å². The first kappa shape index (κ1) is 17.3. The molecule has 0 aliphatic carbocycles. The van der Waals surface area contributed by atoms with Crippen molar-refractivity contribution in [1.29, 1.82) is 0 Å². The number of nitrogens with one attached hydrogen (secondary N) is 1. The number of carbonyl (C=O) groups excluding carboxylic acids is 2. The normalized spacial score (nSPS) is 11.3. The molecule has 0 atom stereocenters. The lowest BCUT2D eigenvalue weighted by atomic mass is 9.96. The Morgan fingerprint density at radius 2 is 2.00 bits per heavy atom. The lowest BCUT2D eigenvalue weighted by Crippen LogP contribution is -2.43. The van der Waals surface area contributed by atoms with Crippen molar-refractivity contribution in [2.45, 2.75) is 33.9 Å². The first-order valence-electron chi connectivity index (χ1n) is 7.47. The highest BCUT2D eigenvalue weighted by Gasteiger charge is 2.23. The van der Waals surface area contributed by atoms with Gasteiger partial charge in [-0.1, -0.05) is 26.8 Å². The van der Waals surface area contributed by atoms with Gasteiger partial charge >= 0.3 is 0 Å². The third-order valence-electron chi connectivity index (χ3n) is 3.29. The van der Waals surface area contributed by atoms with Gasteiger partial charge in [-0.15, -0.1) is 11.3 Å². The molecule has 0 aliphatic heterocycles. The number of nitrogens with zero attached hydrogens (tertiary/aromatic N) is 1. The van der Waals surface area contributed by atoms with E-state index in [-0.39, 0.29) is 18.4 Å². The molecule has 0 bridgehead atoms. The van der Waals surface area contributed by atoms with Crippen LogP contribution in [0, 0.1) is 5.41 Å². The smallest absolute Gasteiger partial charge is 0.242 e. The molecule has 2 rings (SSSR count). The molecule has 2 aromatic heterocycles. The monoisotopic (exact) mass is 334 g/mol. The maximum absolute atomic E-state index is 12.5. The Balaban J connectivity index is 2.00. The average molecular weight is 334 g/mol. The van der Waals surface area contributed by atoms with Crippen molar-refractivity contribution >= 4 is 23.2 Å². The summed E-state index contributed by atoms with van der Waals surface area (Å²) in [6.45, 7) is 6.33. The molecule has 0 unspecified atom stereocenters. The molecule has 2 aromatic rings. The summed E-state index contributed by atoms with van der Waals surface area (Å²) < 4.78 is 5.34. The predicted molar refractivity (Wildman–Crippen MR) is 89.7 cm³/mol. The number of carbonyl (C=O) groups is 2. The van der Waals surface area contributed by atoms with E-state index in [1.54, 1.807) is 28.6 Å². The Hall–Kier alpha value is -2.08. The summed E-state index contributed by atoms with van der Waals surface area (Å²) in [5, 5.41) is 4.68. The second kappa shape index (κ2) is 7.46. The lowest BCUT2D eigenvalue weighted by Gasteiger charge is -2.23. The van der Waals surface area contributed by atoms with E-state index in [4.69, 9.17) is 4.42 Å². The molecular weight excluding hydrogens is 312 g/mol. The molecule has 0 aliphatic rings. The summed E-state index contributed by atoms with van der Waals surface area (Å²) in [5.41, 5.74) is -0.514. The van der Waals surface area contributed by atoms with Crippen molar-refractivity contribution in [2.24, 2.45) is 5.41 Å². The van der Waals surface area contributed by atoms with E-state index in [0.29, 0.717) is 13.1 Å². The molecule has 2 amide bonds. The van der Waals surface area contributed by atoms with E-state index in [1.807, 2.05) is 44.4 Å². The van der Waals surface area contributed by atoms with Crippen LogP contribution in [-0.2, 0) is 22.7 Å². The third-order valence-corrected chi connectivity index (χ3v) is 4.15. The van der Waals surface area contributed by atoms with Crippen LogP contribution in [0.15, 0.2) is 40.3 Å². The van der Waals surface area contributed by atoms with Gasteiger partial charge in [-0.05, 0) is 23.6 Å². The van der Waals surface area contributed by atoms with Gasteiger partial charge in [0.2, 0.25) is 11.8 Å². The molecule has 0 spiro atoms. The van der Waals surface area contributed by atoms with Crippen LogP contribution in [0.25, 0.3) is 0 Å². The fourth-order valence-corrected chi connectivity index (χ4v) is 2.67. The van der Waals surface area contributed by atoms with Gasteiger partial charge in [0.1, 0.15) is 5.76 Å². The molecule has 0 saturated carbocycles. The van der Waals surface area contributed by atoms with Gasteiger partial charge in [0.15, 0.2) is 0 Å². The van der Waals surface area contributed by atoms with E-state index >= 15 is 0 Å². The van der Waals surface area contributed by atoms with Crippen LogP contribution in [0.2, 0.25) is 0 Å². The molecule has 5 nitrogen and oxygen atoms in total. The van der Waals surface area contributed by atoms with Crippen molar-refractivity contribution in [1.82, 2.24) is 10.2 Å². The Morgan fingerprint density at radius 3 is 2.57 bits per heavy atom. The molecule has 0 fully saturated rings. The van der Waals surface area contributed by atoms with Crippen molar-refractivity contribution in [2.75, 3.05) is 6.54 Å². The van der Waals surface area contributed by atoms with Gasteiger partial charge in [-0.2, -0.15) is 0 Å². The molecule has 0 saturated heterocycles. The highest BCUT2D eigenvalue weighted by Crippen LogP contribution is 2.15. The predicted octanol–water partition coefficient (Wildman–Crippen LogP) is 3.03. The summed E-state index contributed by atoms with van der Waals surface area (Å²) >= 11 is 1.60. The SMILES string of the molecule is CC(C)(C)C(=O)NCC(=O)N(Cc1ccco1)Cc1cccs1. The second-order valence-corrected chi connectivity index (χ2v) is 7.37. The highest BCUT2D eigenvalue weighted by molar-refractivity contribution is 7.09. The third kappa shape index (κ3) is 5.25. The van der Waals surface area contributed by atoms with Crippen LogP contribution in [-0.4, -0.2) is 23.3 Å². The molecule has 124 valence electrons. The summed E-state index contributed by atoms with van der Waals surface area (Å²) in [5.74, 6) is 0.448. The number of thiophene rings is 1. The summed E-state index contributed by atoms with van der Waals surface area (Å²) in [6, 6.07) is 7.57. The maximum Gasteiger partial charge on any atom is 0.242 e. The Bertz CT molecular complexity index is 591. The minimum absolute atomic E-state index is 0.0117. The largest absolute Gasteiger partial charge is 0.467 e. The van der Waals surface area contributed by atoms with Gasteiger partial charge in [0.05, 0.1) is 25.9 Å². The van der Waals surface area contributed by atoms with Gasteiger partial charge in [-0.3, -0.25) is 9.59 Å². The highest BCUT2D eigenvalue weighted by atomic mass is 32.1. The van der Waals surface area contributed by atoms with Gasteiger partial charge in [-0.25, -0.2) is 0 Å². The Kier molecular flexibility index (Phi) is 5.60. The lowest BCUT2D eigenvalue weighted by molar-refractivity contribution is -0.136. The average Bonchev–Trinajstić information content (AvgIpc) is 3.16. The first-order valence-corrected chi connectivity index (χ1v) is 8.35. The van der Waals surface area contributed by atoms with E-state index in [9.17, 15) is 9.59 Å². The minimum Gasteiger partial charge on any atom is -0.467 e. The molecule has 1 N–H and O–H groups in total. The molecule has 23 heavy (non-hydrogen) atoms. The van der Waals surface area contributed by atoms with Crippen LogP contribution in [0.1, 0.15) is 31.4 Å². The maximum atomic E-state index is 12.5. The fourth-order valence-electron chi connectivity index (χ4n) is 1.95. The molecule has 2 heterocycles. The van der Waals surface area contributed by atoms with E-state index in [2.05, 4.69) is 5.32 Å². The quantitative estimate of drug-likeness (QED) is 0.883. The van der Waals surface area contributed by atoms with E-state index in [0.717, 1.165) is 10.6 Å². The van der Waals surface area contributed by atoms with Crippen LogP contribution in [0.4, 0.5) is 0 Å². The van der Waals surface area contributed by atoms with Gasteiger partial charge < -0.3 is 14.6 Å². The standard InChI is InChI=1S/C17H22N2O3S/c1-17(2,3)16(21)18-10-15(20)19(11-13-6-4-8-22-13)12-14-7-5-9-23-14/h4-9H,10-12H2,1-3H3,(H,18,21). The summed E-state index contributed by atoms with van der Waals surface area (Å²) in [4.78, 5) is 27.2. The van der Waals surface area contributed by atoms with E-state index < -0.39 is 5.41 Å². The van der Waals surface area contributed by atoms with Crippen LogP contribution in [0.5, 0.6) is 0 Å². The van der Waals surface area contributed by atoms with Gasteiger partial charge in [0, 0.05) is 10.3 Å². The number of amides is 2. The molecular formula is C17H22N2O3S. The minimum atomic E-state index is -0.514. The second-order valence-electron chi connectivity index (χ2n) is 6.34. The van der Waals surface area contributed by atoms with Gasteiger partial charge in [0.25, 0.3) is 0 Å². The zero-order chi connectivity index (χ0) is 16.9. The molecule has 6 heteroatoms. The van der Waals surface area contributed by atoms with Crippen LogP contribution in [0.3, 0.4) is 0 Å². The zero-order valence-electron chi connectivity index (χ0n) is 13.7. The Labute approximate surface area is 140 Å². The van der Waals surface area contributed by atoms with Crippen molar-refractivity contribution in [3.8, 4) is 0 Å². The fraction of sp³-hybridized carbons (Fsp3) is 0.412. The van der Waals surface area contributed by atoms with Crippen molar-refractivity contribution in [3.63, 3.8) is 0 Å². The summed E-state index contributed by atoms with van der Waals surface area (Å²) in [7, 11) is 0. The van der Waals surface area contributed by atoms with Crippen LogP contribution >= 0.6 is 11.3 Å². The number of rotatable bonds is 6. The number of hydrogen-bond donors (Lipinski definition) is 1. The zero-order valence-corrected chi connectivity index (χ0v) is 14.5. The first-order chi connectivity index (χ1) is 10.9. The molecule has 0 aromatic carbocycles. The van der Waals surface area contributed by atoms with Crippen LogP contribution < -0.4 is 5.32 Å².